The van der Waals surface area contributed by atoms with Crippen LogP contribution in [0.4, 0.5) is 0 Å². The van der Waals surface area contributed by atoms with Gasteiger partial charge in [0, 0.05) is 0 Å². The molecule has 0 heterocycles. The molecule has 4 nitrogen and oxygen atoms in total. The molecule has 2 atom stereocenters. The molecule has 0 aromatic rings. The van der Waals surface area contributed by atoms with Crippen molar-refractivity contribution in [3.8, 4) is 0 Å². The lowest BCUT2D eigenvalue weighted by molar-refractivity contribution is -0.770. The van der Waals surface area contributed by atoms with Crippen molar-refractivity contribution in [1.29, 1.82) is 0 Å². The smallest absolute Gasteiger partial charge is 0.294 e. The van der Waals surface area contributed by atoms with E-state index in [0.29, 0.717) is 5.92 Å². The summed E-state index contributed by atoms with van der Waals surface area (Å²) in [5, 5.41) is 9.59. The molecular formula is C10H21NO3. The van der Waals surface area contributed by atoms with Gasteiger partial charge in [0.25, 0.3) is 5.09 Å². The van der Waals surface area contributed by atoms with Gasteiger partial charge in [-0.2, -0.15) is 0 Å². The maximum absolute atomic E-state index is 10.3. The van der Waals surface area contributed by atoms with Crippen LogP contribution in [0.5, 0.6) is 0 Å². The van der Waals surface area contributed by atoms with Crippen molar-refractivity contribution in [1.82, 2.24) is 0 Å². The molecule has 0 aromatic carbocycles. The number of rotatable bonds is 7. The maximum Gasteiger partial charge on any atom is 0.294 e. The van der Waals surface area contributed by atoms with Crippen LogP contribution in [-0.2, 0) is 4.84 Å². The SMILES string of the molecule is CCCC(O[N+](=O)[O-])C(C)CC(C)C. The third kappa shape index (κ3) is 5.78. The van der Waals surface area contributed by atoms with Crippen molar-refractivity contribution in [3.63, 3.8) is 0 Å². The summed E-state index contributed by atoms with van der Waals surface area (Å²) in [6.45, 7) is 8.26. The Hall–Kier alpha value is -0.800. The van der Waals surface area contributed by atoms with Crippen LogP contribution in [0.1, 0.15) is 47.0 Å². The van der Waals surface area contributed by atoms with Crippen molar-refractivity contribution in [2.45, 2.75) is 53.1 Å². The van der Waals surface area contributed by atoms with E-state index < -0.39 is 5.09 Å². The Labute approximate surface area is 85.7 Å². The van der Waals surface area contributed by atoms with E-state index in [0.717, 1.165) is 19.3 Å². The predicted molar refractivity (Wildman–Crippen MR) is 55.4 cm³/mol. The quantitative estimate of drug-likeness (QED) is 0.472. The zero-order valence-electron chi connectivity index (χ0n) is 9.53. The van der Waals surface area contributed by atoms with E-state index in [1.54, 1.807) is 0 Å². The predicted octanol–water partition coefficient (Wildman–Crippen LogP) is 3.05. The Kier molecular flexibility index (Phi) is 6.25. The molecule has 0 saturated heterocycles. The molecule has 4 heteroatoms. The Bertz CT molecular complexity index is 171. The van der Waals surface area contributed by atoms with Crippen LogP contribution in [0.25, 0.3) is 0 Å². The lowest BCUT2D eigenvalue weighted by Crippen LogP contribution is -2.25. The minimum Gasteiger partial charge on any atom is -0.310 e. The molecule has 0 aliphatic heterocycles. The Morgan fingerprint density at radius 1 is 1.36 bits per heavy atom. The summed E-state index contributed by atoms with van der Waals surface area (Å²) in [6.07, 6.45) is 2.41. The summed E-state index contributed by atoms with van der Waals surface area (Å²) in [6, 6.07) is 0. The third-order valence-corrected chi connectivity index (χ3v) is 2.27. The van der Waals surface area contributed by atoms with Gasteiger partial charge in [-0.25, -0.2) is 0 Å². The van der Waals surface area contributed by atoms with E-state index >= 15 is 0 Å². The van der Waals surface area contributed by atoms with Gasteiger partial charge in [-0.1, -0.05) is 34.1 Å². The van der Waals surface area contributed by atoms with Crippen LogP contribution in [0.2, 0.25) is 0 Å². The van der Waals surface area contributed by atoms with E-state index in [-0.39, 0.29) is 12.0 Å². The first kappa shape index (κ1) is 13.2. The first-order chi connectivity index (χ1) is 6.47. The van der Waals surface area contributed by atoms with Crippen LogP contribution in [0.15, 0.2) is 0 Å². The fourth-order valence-corrected chi connectivity index (χ4v) is 1.73. The van der Waals surface area contributed by atoms with Gasteiger partial charge in [0.05, 0.1) is 0 Å². The standard InChI is InChI=1S/C10H21NO3/c1-5-6-10(14-11(12)13)9(4)7-8(2)3/h8-10H,5-7H2,1-4H3. The van der Waals surface area contributed by atoms with E-state index in [9.17, 15) is 10.1 Å². The molecule has 14 heavy (non-hydrogen) atoms. The van der Waals surface area contributed by atoms with Crippen molar-refractivity contribution < 1.29 is 9.92 Å². The average Bonchev–Trinajstić information content (AvgIpc) is 2.01. The molecule has 0 saturated carbocycles. The molecule has 84 valence electrons. The summed E-state index contributed by atoms with van der Waals surface area (Å²) in [5.41, 5.74) is 0. The van der Waals surface area contributed by atoms with Gasteiger partial charge in [-0.15, -0.1) is 10.1 Å². The molecule has 2 unspecified atom stereocenters. The van der Waals surface area contributed by atoms with Gasteiger partial charge in [0.1, 0.15) is 6.10 Å². The van der Waals surface area contributed by atoms with Crippen molar-refractivity contribution >= 4 is 0 Å². The second-order valence-electron chi connectivity index (χ2n) is 4.26. The summed E-state index contributed by atoms with van der Waals surface area (Å²) in [5.74, 6) is 0.806. The highest BCUT2D eigenvalue weighted by atomic mass is 17.0. The summed E-state index contributed by atoms with van der Waals surface area (Å²) in [4.78, 5) is 14.9. The molecule has 0 spiro atoms. The molecular weight excluding hydrogens is 182 g/mol. The first-order valence-electron chi connectivity index (χ1n) is 5.28. The molecule has 0 rings (SSSR count). The fourth-order valence-electron chi connectivity index (χ4n) is 1.73. The summed E-state index contributed by atoms with van der Waals surface area (Å²) >= 11 is 0. The highest BCUT2D eigenvalue weighted by Gasteiger charge is 2.20. The molecule has 0 bridgehead atoms. The van der Waals surface area contributed by atoms with Crippen LogP contribution in [0, 0.1) is 22.0 Å². The molecule has 0 fully saturated rings. The summed E-state index contributed by atoms with van der Waals surface area (Å²) < 4.78 is 0. The lowest BCUT2D eigenvalue weighted by Gasteiger charge is -2.22. The maximum atomic E-state index is 10.3. The first-order valence-corrected chi connectivity index (χ1v) is 5.28. The molecule has 0 N–H and O–H groups in total. The second kappa shape index (κ2) is 6.62. The van der Waals surface area contributed by atoms with Gasteiger partial charge >= 0.3 is 0 Å². The van der Waals surface area contributed by atoms with Crippen LogP contribution >= 0.6 is 0 Å². The minimum atomic E-state index is -0.669. The number of nitrogens with zero attached hydrogens (tertiary/aromatic N) is 1. The fraction of sp³-hybridized carbons (Fsp3) is 1.00. The highest BCUT2D eigenvalue weighted by Crippen LogP contribution is 2.20. The van der Waals surface area contributed by atoms with Gasteiger partial charge in [-0.05, 0) is 24.7 Å². The second-order valence-corrected chi connectivity index (χ2v) is 4.26. The number of hydrogen-bond acceptors (Lipinski definition) is 3. The normalized spacial score (nSPS) is 15.2. The van der Waals surface area contributed by atoms with Gasteiger partial charge in [-0.3, -0.25) is 0 Å². The Morgan fingerprint density at radius 3 is 2.29 bits per heavy atom. The molecule has 0 radical (unpaired) electrons. The van der Waals surface area contributed by atoms with Crippen molar-refractivity contribution in [2.75, 3.05) is 0 Å². The Morgan fingerprint density at radius 2 is 1.93 bits per heavy atom. The van der Waals surface area contributed by atoms with Crippen LogP contribution in [-0.4, -0.2) is 11.2 Å². The van der Waals surface area contributed by atoms with Crippen LogP contribution in [0.3, 0.4) is 0 Å². The molecule has 0 aromatic heterocycles. The van der Waals surface area contributed by atoms with Crippen molar-refractivity contribution in [3.05, 3.63) is 10.1 Å². The van der Waals surface area contributed by atoms with Crippen LogP contribution < -0.4 is 0 Å². The largest absolute Gasteiger partial charge is 0.310 e. The van der Waals surface area contributed by atoms with Crippen molar-refractivity contribution in [2.24, 2.45) is 11.8 Å². The number of hydrogen-bond donors (Lipinski definition) is 0. The van der Waals surface area contributed by atoms with Gasteiger partial charge in [0.2, 0.25) is 0 Å². The molecule has 0 aliphatic rings. The highest BCUT2D eigenvalue weighted by molar-refractivity contribution is 4.66. The van der Waals surface area contributed by atoms with E-state index in [2.05, 4.69) is 18.7 Å². The molecule has 0 amide bonds. The topological polar surface area (TPSA) is 52.4 Å². The summed E-state index contributed by atoms with van der Waals surface area (Å²) in [7, 11) is 0. The monoisotopic (exact) mass is 203 g/mol. The van der Waals surface area contributed by atoms with E-state index in [4.69, 9.17) is 0 Å². The Balaban J connectivity index is 4.09. The van der Waals surface area contributed by atoms with E-state index in [1.165, 1.54) is 0 Å². The third-order valence-electron chi connectivity index (χ3n) is 2.27. The van der Waals surface area contributed by atoms with E-state index in [1.807, 2.05) is 13.8 Å². The zero-order valence-corrected chi connectivity index (χ0v) is 9.53. The zero-order chi connectivity index (χ0) is 11.1. The lowest BCUT2D eigenvalue weighted by atomic mass is 9.92. The van der Waals surface area contributed by atoms with Gasteiger partial charge in [0.15, 0.2) is 0 Å². The molecule has 0 aliphatic carbocycles. The van der Waals surface area contributed by atoms with Gasteiger partial charge < -0.3 is 4.84 Å². The minimum absolute atomic E-state index is 0.239. The average molecular weight is 203 g/mol.